The second kappa shape index (κ2) is 15.8. The van der Waals surface area contributed by atoms with E-state index in [1.807, 2.05) is 0 Å². The Bertz CT molecular complexity index is 6180. The van der Waals surface area contributed by atoms with Crippen LogP contribution in [-0.2, 0) is 5.41 Å². The van der Waals surface area contributed by atoms with E-state index in [0.29, 0.717) is 0 Å². The molecule has 11 aromatic carbocycles. The van der Waals surface area contributed by atoms with Crippen molar-refractivity contribution in [2.24, 2.45) is 0 Å². The van der Waals surface area contributed by atoms with Crippen molar-refractivity contribution in [3.63, 3.8) is 0 Å². The Morgan fingerprint density at radius 1 is 0.373 bits per heavy atom. The number of furan rings is 1. The van der Waals surface area contributed by atoms with E-state index in [9.17, 15) is 31.5 Å². The smallest absolute Gasteiger partial charge is 0.143 e. The molecule has 0 atom stereocenters. The van der Waals surface area contributed by atoms with Gasteiger partial charge in [0.1, 0.15) is 11.2 Å². The van der Waals surface area contributed by atoms with E-state index in [1.165, 1.54) is 0 Å². The maximum absolute atomic E-state index is 11.1. The van der Waals surface area contributed by atoms with Gasteiger partial charge in [0.25, 0.3) is 0 Å². The molecule has 67 heavy (non-hydrogen) atoms. The molecule has 1 aliphatic carbocycles. The predicted octanol–water partition coefficient (Wildman–Crippen LogP) is 17.6. The van der Waals surface area contributed by atoms with Crippen molar-refractivity contribution in [1.29, 1.82) is 0 Å². The fraction of sp³-hybridized carbons (Fsp3) is 0.0154. The molecule has 0 fully saturated rings. The summed E-state index contributed by atoms with van der Waals surface area (Å²) < 4.78 is 412. The maximum Gasteiger partial charge on any atom is 0.143 e. The number of nitrogens with zero attached hydrogens (tertiary/aromatic N) is 1. The van der Waals surface area contributed by atoms with Gasteiger partial charge in [-0.05, 0) is 115 Å². The minimum Gasteiger partial charge on any atom is -0.455 e. The first-order chi connectivity index (χ1) is 51.1. The lowest BCUT2D eigenvalue weighted by molar-refractivity contribution is 0.673. The van der Waals surface area contributed by atoms with Crippen molar-refractivity contribution in [3.8, 4) is 44.5 Å². The number of rotatable bonds is 8. The predicted molar refractivity (Wildman–Crippen MR) is 280 cm³/mol. The molecule has 2 nitrogen and oxygen atoms in total. The molecular weight excluding hydrogens is 811 g/mol. The van der Waals surface area contributed by atoms with Crippen LogP contribution in [-0.4, -0.2) is 0 Å². The third kappa shape index (κ3) is 6.18. The van der Waals surface area contributed by atoms with Gasteiger partial charge in [-0.3, -0.25) is 0 Å². The zero-order valence-corrected chi connectivity index (χ0v) is 33.4. The topological polar surface area (TPSA) is 16.4 Å². The van der Waals surface area contributed by atoms with E-state index in [2.05, 4.69) is 0 Å². The van der Waals surface area contributed by atoms with Crippen LogP contribution in [0.2, 0.25) is 0 Å². The van der Waals surface area contributed by atoms with Crippen LogP contribution in [0.1, 0.15) is 81.2 Å². The minimum absolute atomic E-state index is 0.107. The summed E-state index contributed by atoms with van der Waals surface area (Å²) in [6.07, 6.45) is 0. The summed E-state index contributed by atoms with van der Waals surface area (Å²) in [5.74, 6) is 0. The van der Waals surface area contributed by atoms with Crippen molar-refractivity contribution in [1.82, 2.24) is 0 Å². The summed E-state index contributed by atoms with van der Waals surface area (Å²) in [7, 11) is 0. The third-order valence-electron chi connectivity index (χ3n) is 10.8. The van der Waals surface area contributed by atoms with Gasteiger partial charge in [0.2, 0.25) is 0 Å². The van der Waals surface area contributed by atoms with Crippen LogP contribution in [0, 0.1) is 0 Å². The normalized spacial score (nSPS) is 21.6. The Morgan fingerprint density at radius 2 is 0.940 bits per heavy atom. The molecule has 0 saturated heterocycles. The molecule has 0 radical (unpaired) electrons. The number of anilines is 3. The molecule has 314 valence electrons. The second-order valence-corrected chi connectivity index (χ2v) is 14.3. The Morgan fingerprint density at radius 3 is 1.67 bits per heavy atom. The SMILES string of the molecule is [2H]c1c([2H])c([2H])c(-c2c([2H])c([2H])c(N(c3c([2H])c([2H])c4c(c3[2H])C(c3c([2H])c([2H])c([2H])c([2H])c3[2H])(c3c([2H])c([2H])c([2H])c([2H])c3[2H])c3c([2H])c([2H])c([2H])c([2H])c3-4)c3c([2H])c([2H])c4oc5c6c([2H])c([2H])c([2H])c([2H])c6c([2H])c([2H])c5c4c3-c3c([2H])c([2H])c([2H])c(-c4c([2H])c([2H])c([2H])c([2H])c4[2H])c3[2H])c([2H])c2[2H])c([2H])c1[2H]. The molecular formula is C65H43NO. The Labute approximate surface area is 450 Å². The highest BCUT2D eigenvalue weighted by atomic mass is 16.3. The first-order valence-corrected chi connectivity index (χ1v) is 19.6. The second-order valence-electron chi connectivity index (χ2n) is 14.3. The highest BCUT2D eigenvalue weighted by Gasteiger charge is 2.46. The minimum atomic E-state index is -3.72. The monoisotopic (exact) mass is 897 g/mol. The molecule has 0 spiro atoms. The fourth-order valence-corrected chi connectivity index (χ4v) is 8.07. The van der Waals surface area contributed by atoms with Crippen LogP contribution >= 0.6 is 0 Å². The average molecular weight is 897 g/mol. The van der Waals surface area contributed by atoms with Crippen LogP contribution in [0.4, 0.5) is 17.1 Å². The summed E-state index contributed by atoms with van der Waals surface area (Å²) in [6.45, 7) is 0. The number of fused-ring (bicyclic) bond motifs is 8. The van der Waals surface area contributed by atoms with E-state index in [-0.39, 0.29) is 4.90 Å². The van der Waals surface area contributed by atoms with E-state index in [4.69, 9.17) is 31.8 Å². The molecule has 0 amide bonds. The molecule has 0 N–H and O–H groups in total. The Kier molecular flexibility index (Phi) is 3.51. The lowest BCUT2D eigenvalue weighted by atomic mass is 9.67. The largest absolute Gasteiger partial charge is 0.455 e. The van der Waals surface area contributed by atoms with Crippen LogP contribution in [0.3, 0.4) is 0 Å². The van der Waals surface area contributed by atoms with Crippen LogP contribution in [0.25, 0.3) is 77.2 Å². The van der Waals surface area contributed by atoms with E-state index >= 15 is 0 Å². The summed E-state index contributed by atoms with van der Waals surface area (Å²) in [6, 6.07) is -55.6. The van der Waals surface area contributed by atoms with E-state index < -0.39 is 382 Å². The van der Waals surface area contributed by atoms with Gasteiger partial charge in [0.15, 0.2) is 0 Å². The van der Waals surface area contributed by atoms with Gasteiger partial charge in [0, 0.05) is 33.1 Å². The highest BCUT2D eigenvalue weighted by molar-refractivity contribution is 6.21. The number of hydrogen-bond acceptors (Lipinski definition) is 2. The zero-order valence-electron chi connectivity index (χ0n) is 76.4. The van der Waals surface area contributed by atoms with Crippen molar-refractivity contribution >= 4 is 49.8 Å². The Hall–Kier alpha value is -8.72. The van der Waals surface area contributed by atoms with Gasteiger partial charge in [-0.25, -0.2) is 0 Å². The zero-order chi connectivity index (χ0) is 81.7. The van der Waals surface area contributed by atoms with Crippen LogP contribution < -0.4 is 4.90 Å². The molecule has 13 rings (SSSR count). The first kappa shape index (κ1) is 14.9. The van der Waals surface area contributed by atoms with Gasteiger partial charge in [-0.2, -0.15) is 0 Å². The van der Waals surface area contributed by atoms with Crippen LogP contribution in [0.5, 0.6) is 0 Å². The fourth-order valence-electron chi connectivity index (χ4n) is 8.07. The maximum atomic E-state index is 11.1. The van der Waals surface area contributed by atoms with Crippen molar-refractivity contribution < 1.29 is 63.4 Å². The van der Waals surface area contributed by atoms with Gasteiger partial charge < -0.3 is 9.32 Å². The molecule has 0 unspecified atom stereocenters. The number of benzene rings is 11. The summed E-state index contributed by atoms with van der Waals surface area (Å²) in [5, 5.41) is -3.52. The average Bonchev–Trinajstić information content (AvgIpc) is 1.48. The standard InChI is InChI=1S/C65H43NO/c1-5-18-44(19-6-1)46-32-35-52(36-33-46)66(53-37-39-56-55-30-15-16-31-58(55)65(59(56)43-53,50-25-9-3-10-26-50)51-27-11-4-12-28-51)60-40-41-61-63(57-38-34-47-22-13-14-29-54(47)64(57)67-61)62(60)49-24-17-23-48(42-49)45-20-7-2-8-21-45/h1-43H/i1D,2D,3D,4D,5D,6D,7D,8D,9D,10D,11D,12D,13D,14D,15D,16D,17D,18D,19D,20D,21D,22D,23D,24D,25D,26D,27D,28D,29D,30D,31D,32D,33D,34D,35D,36D,37D,38D,39D,40D,41D,42D,43D. The molecule has 12 aromatic rings. The van der Waals surface area contributed by atoms with Crippen molar-refractivity contribution in [2.45, 2.75) is 5.41 Å². The third-order valence-corrected chi connectivity index (χ3v) is 10.8. The lowest BCUT2D eigenvalue weighted by Gasteiger charge is -2.35. The number of hydrogen-bond donors (Lipinski definition) is 0. The van der Waals surface area contributed by atoms with E-state index in [1.54, 1.807) is 0 Å². The summed E-state index contributed by atoms with van der Waals surface area (Å²) in [4.78, 5) is 0.107. The van der Waals surface area contributed by atoms with Gasteiger partial charge in [-0.15, -0.1) is 0 Å². The highest BCUT2D eigenvalue weighted by Crippen LogP contribution is 2.58. The quantitative estimate of drug-likeness (QED) is 0.151. The summed E-state index contributed by atoms with van der Waals surface area (Å²) >= 11 is 0. The first-order valence-electron chi connectivity index (χ1n) is 41.1. The summed E-state index contributed by atoms with van der Waals surface area (Å²) in [5.41, 5.74) is -24.8. The Balaban J connectivity index is 1.41. The molecule has 1 heterocycles. The van der Waals surface area contributed by atoms with Crippen molar-refractivity contribution in [3.05, 3.63) is 282 Å². The molecule has 0 bridgehead atoms. The van der Waals surface area contributed by atoms with Crippen molar-refractivity contribution in [2.75, 3.05) is 4.90 Å². The van der Waals surface area contributed by atoms with Crippen LogP contribution in [0.15, 0.2) is 264 Å². The lowest BCUT2D eigenvalue weighted by Crippen LogP contribution is -2.28. The molecule has 2 heteroatoms. The molecule has 1 aliphatic rings. The molecule has 0 aliphatic heterocycles. The molecule has 1 aromatic heterocycles. The van der Waals surface area contributed by atoms with Gasteiger partial charge in [0.05, 0.1) is 70.0 Å². The van der Waals surface area contributed by atoms with Gasteiger partial charge in [-0.1, -0.05) is 211 Å². The van der Waals surface area contributed by atoms with Gasteiger partial charge >= 0.3 is 0 Å². The molecule has 0 saturated carbocycles. The van der Waals surface area contributed by atoms with E-state index in [0.717, 1.165) is 0 Å².